The summed E-state index contributed by atoms with van der Waals surface area (Å²) in [6.45, 7) is 0. The van der Waals surface area contributed by atoms with Gasteiger partial charge in [-0.15, -0.1) is 0 Å². The van der Waals surface area contributed by atoms with Gasteiger partial charge < -0.3 is 0 Å². The summed E-state index contributed by atoms with van der Waals surface area (Å²) in [6.07, 6.45) is 6.34. The van der Waals surface area contributed by atoms with Crippen LogP contribution in [0.25, 0.3) is 291 Å². The van der Waals surface area contributed by atoms with Crippen LogP contribution in [0.4, 0.5) is 0 Å². The Balaban J connectivity index is 0.000000102. The number of pyridine rings is 3. The van der Waals surface area contributed by atoms with Crippen molar-refractivity contribution in [1.82, 2.24) is 58.1 Å². The molecule has 0 fully saturated rings. The second-order valence-corrected chi connectivity index (χ2v) is 36.5. The summed E-state index contributed by atoms with van der Waals surface area (Å²) in [5, 5.41) is 28.3. The van der Waals surface area contributed by atoms with Gasteiger partial charge in [-0.2, -0.15) is 0 Å². The first-order valence-electron chi connectivity index (χ1n) is 47.7. The van der Waals surface area contributed by atoms with Crippen molar-refractivity contribution in [2.24, 2.45) is 0 Å². The second kappa shape index (κ2) is 31.7. The summed E-state index contributed by atoms with van der Waals surface area (Å²) in [5.74, 6) is 0. The molecule has 9 heterocycles. The van der Waals surface area contributed by atoms with Gasteiger partial charge in [0.1, 0.15) is 16.9 Å². The van der Waals surface area contributed by atoms with Crippen molar-refractivity contribution in [3.63, 3.8) is 0 Å². The van der Waals surface area contributed by atoms with E-state index in [1.165, 1.54) is 75.4 Å². The molecule has 0 aliphatic carbocycles. The highest BCUT2D eigenvalue weighted by molar-refractivity contribution is 6.34. The number of aromatic nitrogens is 12. The van der Waals surface area contributed by atoms with Crippen molar-refractivity contribution < 1.29 is 0 Å². The van der Waals surface area contributed by atoms with E-state index in [4.69, 9.17) is 44.9 Å². The summed E-state index contributed by atoms with van der Waals surface area (Å²) >= 11 is 0. The lowest BCUT2D eigenvalue weighted by atomic mass is 9.92. The van der Waals surface area contributed by atoms with Gasteiger partial charge in [0.25, 0.3) is 0 Å². The molecule has 0 bridgehead atoms. The van der Waals surface area contributed by atoms with Crippen molar-refractivity contribution in [1.29, 1.82) is 0 Å². The van der Waals surface area contributed by atoms with Crippen LogP contribution in [0.2, 0.25) is 0 Å². The smallest absolute Gasteiger partial charge is 0.137 e. The number of rotatable bonds is 7. The largest absolute Gasteiger partial charge is 0.299 e. The van der Waals surface area contributed by atoms with Crippen molar-refractivity contribution in [2.75, 3.05) is 0 Å². The molecule has 0 saturated carbocycles. The maximum absolute atomic E-state index is 5.42. The quantitative estimate of drug-likeness (QED) is 0.143. The fraction of sp³-hybridized carbons (Fsp3) is 0. The van der Waals surface area contributed by atoms with Crippen LogP contribution in [0.15, 0.2) is 461 Å². The van der Waals surface area contributed by atoms with Crippen LogP contribution in [0.5, 0.6) is 0 Å². The Morgan fingerprint density at radius 1 is 0.135 bits per heavy atom. The Kier molecular flexibility index (Phi) is 17.8. The van der Waals surface area contributed by atoms with Gasteiger partial charge in [0.15, 0.2) is 0 Å². The fourth-order valence-corrected chi connectivity index (χ4v) is 22.1. The zero-order valence-corrected chi connectivity index (χ0v) is 75.7. The third-order valence-corrected chi connectivity index (χ3v) is 28.6. The zero-order chi connectivity index (χ0) is 92.4. The van der Waals surface area contributed by atoms with Gasteiger partial charge in [0.05, 0.1) is 100 Å². The molecular formula is C129H76N12. The lowest BCUT2D eigenvalue weighted by molar-refractivity contribution is 1.23. The van der Waals surface area contributed by atoms with E-state index in [9.17, 15) is 0 Å². The predicted octanol–water partition coefficient (Wildman–Crippen LogP) is 32.8. The second-order valence-electron chi connectivity index (χ2n) is 36.5. The van der Waals surface area contributed by atoms with Crippen LogP contribution in [0.1, 0.15) is 0 Å². The molecule has 0 atom stereocenters. The van der Waals surface area contributed by atoms with Crippen molar-refractivity contribution >= 4 is 212 Å². The Hall–Kier alpha value is -19.2. The van der Waals surface area contributed by atoms with E-state index in [-0.39, 0.29) is 0 Å². The number of benzene rings is 22. The zero-order valence-electron chi connectivity index (χ0n) is 75.7. The van der Waals surface area contributed by atoms with Gasteiger partial charge in [0.2, 0.25) is 0 Å². The summed E-state index contributed by atoms with van der Waals surface area (Å²) in [5.41, 5.74) is 28.5. The number of hydrogen-bond acceptors (Lipinski definition) is 9. The topological polar surface area (TPSA) is 129 Å². The highest BCUT2D eigenvalue weighted by Gasteiger charge is 2.26. The molecule has 0 aliphatic rings. The number of nitrogens with zero attached hydrogens (tertiary/aromatic N) is 12. The van der Waals surface area contributed by atoms with Gasteiger partial charge in [-0.3, -0.25) is 13.2 Å². The number of hydrogen-bond donors (Lipinski definition) is 0. The maximum atomic E-state index is 5.42. The first-order valence-corrected chi connectivity index (χ1v) is 47.7. The third-order valence-electron chi connectivity index (χ3n) is 28.6. The molecule has 31 rings (SSSR count). The number of imidazole rings is 3. The Bertz CT molecular complexity index is 10700. The molecule has 22 aromatic carbocycles. The van der Waals surface area contributed by atoms with Gasteiger partial charge in [-0.25, -0.2) is 44.9 Å². The standard InChI is InChI=1S/C47H28N4.2C41H24N4/c1-3-12-31(13-4-1)43-44(32-14-5-2-6-15-32)50-45-38-27-33(19-18-30(38)22-25-40(45)48-43)34-21-23-36-39(28-34)42-35-16-8-7-11-29(35)20-24-37(42)46-47(36)51-26-10-9-17-41(51)49-46;1-2-12-27(13-3-1)37-38(42-34-22-19-26-11-5-7-15-30(26)39(34)44-37)28-18-20-31-33(24-28)36-29-14-6-4-10-25(29)17-21-32(36)40-41(31)45-23-9-8-16-35(45)43-40;1-2-12-27(13-3-1)37-38(44-39-30-15-7-5-11-26(30)19-22-34(39)42-37)28-18-20-31-33(24-28)36-29-14-6-4-10-25(29)17-21-32(36)40-41(31)45-23-9-8-16-35(45)43-40/h1-28H;2*1-24H. The van der Waals surface area contributed by atoms with E-state index in [0.717, 1.165) is 216 Å². The molecule has 0 unspecified atom stereocenters. The predicted molar refractivity (Wildman–Crippen MR) is 586 cm³/mol. The highest BCUT2D eigenvalue weighted by atomic mass is 15.0. The molecule has 9 aromatic heterocycles. The minimum Gasteiger partial charge on any atom is -0.299 e. The molecule has 0 radical (unpaired) electrons. The molecule has 12 nitrogen and oxygen atoms in total. The van der Waals surface area contributed by atoms with Crippen LogP contribution >= 0.6 is 0 Å². The minimum atomic E-state index is 0.873. The van der Waals surface area contributed by atoms with Gasteiger partial charge in [-0.05, 0) is 171 Å². The monoisotopic (exact) mass is 1790 g/mol. The minimum absolute atomic E-state index is 0.873. The number of fused-ring (bicyclic) bond motifs is 39. The average molecular weight is 1790 g/mol. The van der Waals surface area contributed by atoms with Crippen LogP contribution in [-0.2, 0) is 0 Å². The Morgan fingerprint density at radius 3 is 0.738 bits per heavy atom. The molecular weight excluding hydrogens is 1720 g/mol. The van der Waals surface area contributed by atoms with Crippen LogP contribution in [0.3, 0.4) is 0 Å². The van der Waals surface area contributed by atoms with Gasteiger partial charge >= 0.3 is 0 Å². The van der Waals surface area contributed by atoms with Crippen molar-refractivity contribution in [3.8, 4) is 78.7 Å². The SMILES string of the molecule is c1ccc(-c2nc3c(ccc4ccccc43)nc2-c2ccc3c(c2)c2c4ccccc4ccc2c2nc4ccccn4c32)cc1.c1ccc(-c2nc3ccc4ccc(-c5ccc6c(c5)c5c7ccccc7ccc5c5nc7ccccn7c65)cc4c3nc2-c2ccccc2)cc1.c1ccc(-c2nc3ccc4ccccc4c3nc2-c2ccc3c(c2)c2c4ccccc4ccc2c2nc4ccccn4c32)cc1. The third kappa shape index (κ3) is 12.7. The van der Waals surface area contributed by atoms with Crippen LogP contribution < -0.4 is 0 Å². The van der Waals surface area contributed by atoms with Gasteiger partial charge in [0, 0.05) is 100 Å². The molecule has 31 aromatic rings. The first kappa shape index (κ1) is 79.2. The molecule has 652 valence electrons. The van der Waals surface area contributed by atoms with Crippen molar-refractivity contribution in [3.05, 3.63) is 461 Å². The molecule has 0 spiro atoms. The highest BCUT2D eigenvalue weighted by Crippen LogP contribution is 2.48. The van der Waals surface area contributed by atoms with E-state index in [1.54, 1.807) is 0 Å². The maximum Gasteiger partial charge on any atom is 0.137 e. The average Bonchev–Trinajstić information content (AvgIpc) is 1.64. The first-order chi connectivity index (χ1) is 69.9. The summed E-state index contributed by atoms with van der Waals surface area (Å²) < 4.78 is 6.65. The molecule has 0 N–H and O–H groups in total. The van der Waals surface area contributed by atoms with E-state index in [1.807, 2.05) is 36.4 Å². The van der Waals surface area contributed by atoms with E-state index < -0.39 is 0 Å². The van der Waals surface area contributed by atoms with Crippen LogP contribution in [-0.4, -0.2) is 58.1 Å². The lowest BCUT2D eigenvalue weighted by Crippen LogP contribution is -1.96. The van der Waals surface area contributed by atoms with E-state index >= 15 is 0 Å². The van der Waals surface area contributed by atoms with E-state index in [2.05, 4.69) is 438 Å². The Morgan fingerprint density at radius 2 is 0.376 bits per heavy atom. The lowest BCUT2D eigenvalue weighted by Gasteiger charge is -2.14. The van der Waals surface area contributed by atoms with Crippen molar-refractivity contribution in [2.45, 2.75) is 0 Å². The molecule has 0 amide bonds. The normalized spacial score (nSPS) is 12.0. The summed E-state index contributed by atoms with van der Waals surface area (Å²) in [4.78, 5) is 47.5. The molecule has 12 heteroatoms. The summed E-state index contributed by atoms with van der Waals surface area (Å²) in [6, 6.07) is 156. The molecule has 0 aliphatic heterocycles. The Labute approximate surface area is 805 Å². The van der Waals surface area contributed by atoms with Crippen LogP contribution in [0, 0.1) is 0 Å². The fourth-order valence-electron chi connectivity index (χ4n) is 22.1. The molecule has 0 saturated heterocycles. The van der Waals surface area contributed by atoms with Gasteiger partial charge in [-0.1, -0.05) is 364 Å². The molecule has 141 heavy (non-hydrogen) atoms. The van der Waals surface area contributed by atoms with E-state index in [0.29, 0.717) is 0 Å². The summed E-state index contributed by atoms with van der Waals surface area (Å²) in [7, 11) is 0.